The van der Waals surface area contributed by atoms with E-state index in [-0.39, 0.29) is 5.82 Å². The summed E-state index contributed by atoms with van der Waals surface area (Å²) in [6, 6.07) is 7.44. The van der Waals surface area contributed by atoms with Crippen LogP contribution in [-0.2, 0) is 0 Å². The molecular formula is C10H7BrFN2. The minimum absolute atomic E-state index is 0.269. The highest BCUT2D eigenvalue weighted by molar-refractivity contribution is 9.10. The molecule has 0 aliphatic carbocycles. The number of aryl methyl sites for hydroxylation is 1. The summed E-state index contributed by atoms with van der Waals surface area (Å²) < 4.78 is 15.2. The zero-order valence-electron chi connectivity index (χ0n) is 7.46. The summed E-state index contributed by atoms with van der Waals surface area (Å²) >= 11 is 3.29. The van der Waals surface area contributed by atoms with E-state index in [0.717, 1.165) is 11.4 Å². The molecule has 0 saturated heterocycles. The molecule has 4 heteroatoms. The van der Waals surface area contributed by atoms with Gasteiger partial charge in [-0.2, -0.15) is 5.10 Å². The van der Waals surface area contributed by atoms with E-state index in [1.165, 1.54) is 12.1 Å². The monoisotopic (exact) mass is 253 g/mol. The van der Waals surface area contributed by atoms with Crippen molar-refractivity contribution in [2.24, 2.45) is 0 Å². The van der Waals surface area contributed by atoms with Crippen molar-refractivity contribution in [2.45, 2.75) is 6.92 Å². The van der Waals surface area contributed by atoms with E-state index >= 15 is 0 Å². The van der Waals surface area contributed by atoms with E-state index in [1.54, 1.807) is 16.9 Å². The predicted octanol–water partition coefficient (Wildman–Crippen LogP) is 2.88. The number of benzene rings is 1. The van der Waals surface area contributed by atoms with Gasteiger partial charge in [0.15, 0.2) is 0 Å². The van der Waals surface area contributed by atoms with Crippen LogP contribution >= 0.6 is 15.9 Å². The van der Waals surface area contributed by atoms with Gasteiger partial charge in [0.1, 0.15) is 5.82 Å². The molecule has 0 N–H and O–H groups in total. The van der Waals surface area contributed by atoms with Gasteiger partial charge in [-0.25, -0.2) is 9.07 Å². The Morgan fingerprint density at radius 1 is 1.50 bits per heavy atom. The fourth-order valence-electron chi connectivity index (χ4n) is 1.22. The molecule has 0 amide bonds. The standard InChI is InChI=1S/C10H7BrFN2/c1-7-4-5-13-14(7)10-3-2-8(12)6-9(10)11/h2-3,5-6H,1H3. The van der Waals surface area contributed by atoms with Crippen LogP contribution in [0.15, 0.2) is 28.9 Å². The molecule has 0 spiro atoms. The van der Waals surface area contributed by atoms with Gasteiger partial charge in [0, 0.05) is 16.2 Å². The van der Waals surface area contributed by atoms with Crippen molar-refractivity contribution in [3.05, 3.63) is 46.4 Å². The lowest BCUT2D eigenvalue weighted by Crippen LogP contribution is -1.99. The fraction of sp³-hybridized carbons (Fsp3) is 0.100. The number of rotatable bonds is 1. The average Bonchev–Trinajstić information content (AvgIpc) is 2.52. The lowest BCUT2D eigenvalue weighted by Gasteiger charge is -2.06. The van der Waals surface area contributed by atoms with Crippen molar-refractivity contribution in [1.29, 1.82) is 0 Å². The number of nitrogens with zero attached hydrogens (tertiary/aromatic N) is 2. The molecule has 0 saturated carbocycles. The summed E-state index contributed by atoms with van der Waals surface area (Å²) in [5, 5.41) is 4.09. The van der Waals surface area contributed by atoms with Gasteiger partial charge in [-0.1, -0.05) is 0 Å². The first-order valence-electron chi connectivity index (χ1n) is 4.06. The minimum atomic E-state index is -0.269. The molecule has 1 heterocycles. The Morgan fingerprint density at radius 3 is 2.86 bits per heavy atom. The summed E-state index contributed by atoms with van der Waals surface area (Å²) in [5.41, 5.74) is 1.70. The highest BCUT2D eigenvalue weighted by atomic mass is 79.9. The second-order valence-corrected chi connectivity index (χ2v) is 3.74. The second-order valence-electron chi connectivity index (χ2n) is 2.88. The van der Waals surface area contributed by atoms with Crippen molar-refractivity contribution in [3.63, 3.8) is 0 Å². The number of hydrogen-bond donors (Lipinski definition) is 0. The maximum Gasteiger partial charge on any atom is 0.124 e. The molecule has 1 aromatic carbocycles. The third-order valence-corrected chi connectivity index (χ3v) is 2.54. The normalized spacial score (nSPS) is 10.5. The van der Waals surface area contributed by atoms with E-state index in [4.69, 9.17) is 0 Å². The van der Waals surface area contributed by atoms with Gasteiger partial charge in [-0.05, 0) is 41.1 Å². The van der Waals surface area contributed by atoms with Crippen LogP contribution in [-0.4, -0.2) is 9.78 Å². The molecule has 2 nitrogen and oxygen atoms in total. The Morgan fingerprint density at radius 2 is 2.29 bits per heavy atom. The summed E-state index contributed by atoms with van der Waals surface area (Å²) in [6.07, 6.45) is 1.59. The van der Waals surface area contributed by atoms with E-state index in [1.807, 2.05) is 6.92 Å². The summed E-state index contributed by atoms with van der Waals surface area (Å²) in [6.45, 7) is 1.89. The lowest BCUT2D eigenvalue weighted by atomic mass is 10.3. The highest BCUT2D eigenvalue weighted by Gasteiger charge is 2.06. The minimum Gasteiger partial charge on any atom is -0.236 e. The van der Waals surface area contributed by atoms with Crippen molar-refractivity contribution in [1.82, 2.24) is 9.78 Å². The molecule has 0 bridgehead atoms. The number of hydrogen-bond acceptors (Lipinski definition) is 1. The first-order chi connectivity index (χ1) is 6.68. The maximum absolute atomic E-state index is 12.8. The Labute approximate surface area is 89.5 Å². The molecule has 1 radical (unpaired) electrons. The molecule has 0 aliphatic rings. The van der Waals surface area contributed by atoms with Crippen molar-refractivity contribution in [2.75, 3.05) is 0 Å². The van der Waals surface area contributed by atoms with Gasteiger partial charge >= 0.3 is 0 Å². The van der Waals surface area contributed by atoms with Crippen LogP contribution in [0.5, 0.6) is 0 Å². The van der Waals surface area contributed by atoms with Crippen LogP contribution in [0.3, 0.4) is 0 Å². The molecule has 2 rings (SSSR count). The smallest absolute Gasteiger partial charge is 0.124 e. The van der Waals surface area contributed by atoms with Crippen LogP contribution in [0.25, 0.3) is 5.69 Å². The van der Waals surface area contributed by atoms with Crippen LogP contribution in [0.1, 0.15) is 5.69 Å². The van der Waals surface area contributed by atoms with E-state index in [9.17, 15) is 4.39 Å². The largest absolute Gasteiger partial charge is 0.236 e. The summed E-state index contributed by atoms with van der Waals surface area (Å²) in [5.74, 6) is -0.269. The topological polar surface area (TPSA) is 17.8 Å². The zero-order chi connectivity index (χ0) is 10.1. The first kappa shape index (κ1) is 9.40. The van der Waals surface area contributed by atoms with Gasteiger partial charge in [-0.15, -0.1) is 0 Å². The Bertz CT molecular complexity index is 465. The van der Waals surface area contributed by atoms with Crippen molar-refractivity contribution < 1.29 is 4.39 Å². The van der Waals surface area contributed by atoms with Crippen LogP contribution in [0.2, 0.25) is 0 Å². The molecule has 0 unspecified atom stereocenters. The lowest BCUT2D eigenvalue weighted by molar-refractivity contribution is 0.625. The Kier molecular flexibility index (Phi) is 2.37. The van der Waals surface area contributed by atoms with Crippen LogP contribution < -0.4 is 0 Å². The third kappa shape index (κ3) is 1.57. The third-order valence-electron chi connectivity index (χ3n) is 1.90. The predicted molar refractivity (Wildman–Crippen MR) is 54.8 cm³/mol. The Balaban J connectivity index is 2.58. The van der Waals surface area contributed by atoms with Gasteiger partial charge in [-0.3, -0.25) is 0 Å². The molecule has 0 fully saturated rings. The molecule has 14 heavy (non-hydrogen) atoms. The van der Waals surface area contributed by atoms with Gasteiger partial charge in [0.25, 0.3) is 0 Å². The van der Waals surface area contributed by atoms with E-state index in [2.05, 4.69) is 27.1 Å². The number of halogens is 2. The molecule has 1 aromatic heterocycles. The van der Waals surface area contributed by atoms with Gasteiger partial charge in [0.05, 0.1) is 11.9 Å². The highest BCUT2D eigenvalue weighted by Crippen LogP contribution is 2.22. The maximum atomic E-state index is 12.8. The zero-order valence-corrected chi connectivity index (χ0v) is 9.05. The molecule has 2 aromatic rings. The summed E-state index contributed by atoms with van der Waals surface area (Å²) in [4.78, 5) is 0. The van der Waals surface area contributed by atoms with Gasteiger partial charge < -0.3 is 0 Å². The molecule has 0 atom stereocenters. The number of aromatic nitrogens is 2. The van der Waals surface area contributed by atoms with Crippen molar-refractivity contribution in [3.8, 4) is 5.69 Å². The SMILES string of the molecule is Cc1[c]cnn1-c1ccc(F)cc1Br. The molecule has 71 valence electrons. The van der Waals surface area contributed by atoms with E-state index < -0.39 is 0 Å². The first-order valence-corrected chi connectivity index (χ1v) is 4.85. The van der Waals surface area contributed by atoms with Crippen LogP contribution in [0.4, 0.5) is 4.39 Å². The second kappa shape index (κ2) is 3.53. The average molecular weight is 254 g/mol. The fourth-order valence-corrected chi connectivity index (χ4v) is 1.74. The molecular weight excluding hydrogens is 247 g/mol. The van der Waals surface area contributed by atoms with E-state index in [0.29, 0.717) is 4.47 Å². The summed E-state index contributed by atoms with van der Waals surface area (Å²) in [7, 11) is 0. The molecule has 0 aliphatic heterocycles. The van der Waals surface area contributed by atoms with Crippen LogP contribution in [0, 0.1) is 18.8 Å². The van der Waals surface area contributed by atoms with Gasteiger partial charge in [0.2, 0.25) is 0 Å². The quantitative estimate of drug-likeness (QED) is 0.765. The Hall–Kier alpha value is -1.16. The van der Waals surface area contributed by atoms with Crippen molar-refractivity contribution >= 4 is 15.9 Å².